The SMILES string of the molecule is C/C=C1/CN2CC[C@]34C(=C(C=O)[C@H]1C[C@H]23)Nc1ccc(OC)cc14. The van der Waals surface area contributed by atoms with E-state index in [-0.39, 0.29) is 11.3 Å². The lowest BCUT2D eigenvalue weighted by Gasteiger charge is -2.48. The van der Waals surface area contributed by atoms with Gasteiger partial charge in [0.1, 0.15) is 12.0 Å². The van der Waals surface area contributed by atoms with Crippen molar-refractivity contribution in [3.05, 3.63) is 46.7 Å². The standard InChI is InChI=1S/C20H22N2O2/c1-3-12-10-22-7-6-20-16-8-13(24-2)4-5-17(16)21-19(20)15(11-23)14(12)9-18(20)22/h3-5,8,11,14,18,21H,6-7,9-10H2,1-2H3/b12-3-/t14-,18-,20+/m0/s1. The van der Waals surface area contributed by atoms with Gasteiger partial charge >= 0.3 is 0 Å². The smallest absolute Gasteiger partial charge is 0.148 e. The molecule has 4 aliphatic rings. The predicted octanol–water partition coefficient (Wildman–Crippen LogP) is 2.87. The molecule has 0 radical (unpaired) electrons. The van der Waals surface area contributed by atoms with Crippen LogP contribution in [0.4, 0.5) is 5.69 Å². The number of anilines is 1. The molecule has 2 bridgehead atoms. The quantitative estimate of drug-likeness (QED) is 0.671. The summed E-state index contributed by atoms with van der Waals surface area (Å²) < 4.78 is 5.48. The molecule has 1 aliphatic carbocycles. The van der Waals surface area contributed by atoms with Crippen LogP contribution in [0.25, 0.3) is 0 Å². The van der Waals surface area contributed by atoms with Crippen LogP contribution in [0.15, 0.2) is 41.1 Å². The Balaban J connectivity index is 1.79. The molecule has 1 spiro atoms. The zero-order valence-electron chi connectivity index (χ0n) is 14.1. The lowest BCUT2D eigenvalue weighted by molar-refractivity contribution is -0.105. The van der Waals surface area contributed by atoms with Gasteiger partial charge in [-0.2, -0.15) is 0 Å². The largest absolute Gasteiger partial charge is 0.497 e. The Bertz CT molecular complexity index is 810. The molecule has 1 aromatic rings. The van der Waals surface area contributed by atoms with Crippen LogP contribution >= 0.6 is 0 Å². The van der Waals surface area contributed by atoms with Gasteiger partial charge < -0.3 is 10.1 Å². The van der Waals surface area contributed by atoms with Crippen molar-refractivity contribution in [3.63, 3.8) is 0 Å². The number of carbonyl (C=O) groups is 1. The van der Waals surface area contributed by atoms with Crippen LogP contribution in [0.1, 0.15) is 25.3 Å². The minimum atomic E-state index is -0.0596. The van der Waals surface area contributed by atoms with E-state index < -0.39 is 0 Å². The Hall–Kier alpha value is -2.07. The summed E-state index contributed by atoms with van der Waals surface area (Å²) in [6.45, 7) is 4.18. The average molecular weight is 322 g/mol. The van der Waals surface area contributed by atoms with Crippen LogP contribution in [0.5, 0.6) is 5.75 Å². The Morgan fingerprint density at radius 1 is 1.42 bits per heavy atom. The second-order valence-electron chi connectivity index (χ2n) is 7.34. The van der Waals surface area contributed by atoms with Gasteiger partial charge in [-0.25, -0.2) is 0 Å². The lowest BCUT2D eigenvalue weighted by atomic mass is 9.62. The zero-order valence-corrected chi connectivity index (χ0v) is 14.1. The Morgan fingerprint density at radius 3 is 3.04 bits per heavy atom. The average Bonchev–Trinajstić information content (AvgIpc) is 3.17. The number of piperidine rings is 1. The first kappa shape index (κ1) is 14.3. The van der Waals surface area contributed by atoms with E-state index in [1.54, 1.807) is 7.11 Å². The van der Waals surface area contributed by atoms with Gasteiger partial charge in [-0.3, -0.25) is 9.69 Å². The van der Waals surface area contributed by atoms with Crippen molar-refractivity contribution in [3.8, 4) is 5.75 Å². The van der Waals surface area contributed by atoms with Gasteiger partial charge in [-0.15, -0.1) is 0 Å². The van der Waals surface area contributed by atoms with Crippen LogP contribution in [0.2, 0.25) is 0 Å². The van der Waals surface area contributed by atoms with Gasteiger partial charge in [-0.05, 0) is 43.5 Å². The monoisotopic (exact) mass is 322 g/mol. The summed E-state index contributed by atoms with van der Waals surface area (Å²) >= 11 is 0. The highest BCUT2D eigenvalue weighted by molar-refractivity contribution is 5.85. The first-order valence-corrected chi connectivity index (χ1v) is 8.77. The molecule has 3 atom stereocenters. The van der Waals surface area contributed by atoms with E-state index in [0.29, 0.717) is 6.04 Å². The number of ether oxygens (including phenoxy) is 1. The Morgan fingerprint density at radius 2 is 2.29 bits per heavy atom. The summed E-state index contributed by atoms with van der Waals surface area (Å²) in [6, 6.07) is 6.75. The minimum absolute atomic E-state index is 0.0596. The molecule has 0 amide bonds. The Labute approximate surface area is 142 Å². The summed E-state index contributed by atoms with van der Waals surface area (Å²) in [7, 11) is 1.71. The molecule has 4 heteroatoms. The van der Waals surface area contributed by atoms with E-state index in [1.807, 2.05) is 6.07 Å². The lowest BCUT2D eigenvalue weighted by Crippen LogP contribution is -2.52. The normalized spacial score (nSPS) is 34.8. The fraction of sp³-hybridized carbons (Fsp3) is 0.450. The maximum atomic E-state index is 12.0. The fourth-order valence-electron chi connectivity index (χ4n) is 5.59. The molecular weight excluding hydrogens is 300 g/mol. The molecule has 3 heterocycles. The third-order valence-electron chi connectivity index (χ3n) is 6.67. The number of carbonyl (C=O) groups excluding carboxylic acids is 1. The highest BCUT2D eigenvalue weighted by Crippen LogP contribution is 2.61. The number of allylic oxidation sites excluding steroid dienone is 2. The number of benzene rings is 1. The first-order valence-electron chi connectivity index (χ1n) is 8.77. The summed E-state index contributed by atoms with van der Waals surface area (Å²) in [5, 5.41) is 3.62. The van der Waals surface area contributed by atoms with Gasteiger partial charge in [0, 0.05) is 42.0 Å². The van der Waals surface area contributed by atoms with Crippen LogP contribution < -0.4 is 10.1 Å². The highest BCUT2D eigenvalue weighted by Gasteiger charge is 2.61. The zero-order chi connectivity index (χ0) is 16.5. The molecule has 2 fully saturated rings. The molecule has 0 unspecified atom stereocenters. The molecular formula is C20H22N2O2. The van der Waals surface area contributed by atoms with Crippen LogP contribution in [0.3, 0.4) is 0 Å². The van der Waals surface area contributed by atoms with Crippen LogP contribution in [-0.2, 0) is 10.2 Å². The number of nitrogens with zero attached hydrogens (tertiary/aromatic N) is 1. The van der Waals surface area contributed by atoms with Gasteiger partial charge in [0.05, 0.1) is 12.5 Å². The third-order valence-corrected chi connectivity index (χ3v) is 6.67. The maximum absolute atomic E-state index is 12.0. The molecule has 3 aliphatic heterocycles. The molecule has 4 nitrogen and oxygen atoms in total. The topological polar surface area (TPSA) is 41.6 Å². The number of fused-ring (bicyclic) bond motifs is 2. The predicted molar refractivity (Wildman–Crippen MR) is 93.2 cm³/mol. The molecule has 24 heavy (non-hydrogen) atoms. The number of hydrogen-bond acceptors (Lipinski definition) is 4. The maximum Gasteiger partial charge on any atom is 0.148 e. The van der Waals surface area contributed by atoms with Gasteiger partial charge in [0.25, 0.3) is 0 Å². The van der Waals surface area contributed by atoms with Crippen molar-refractivity contribution in [2.75, 3.05) is 25.5 Å². The van der Waals surface area contributed by atoms with E-state index in [4.69, 9.17) is 4.74 Å². The Kier molecular flexibility index (Phi) is 2.82. The van der Waals surface area contributed by atoms with E-state index in [9.17, 15) is 4.79 Å². The van der Waals surface area contributed by atoms with E-state index in [0.717, 1.165) is 54.9 Å². The molecule has 124 valence electrons. The summed E-state index contributed by atoms with van der Waals surface area (Å²) in [5.74, 6) is 1.17. The number of rotatable bonds is 2. The van der Waals surface area contributed by atoms with E-state index in [2.05, 4.69) is 35.3 Å². The van der Waals surface area contributed by atoms with E-state index in [1.165, 1.54) is 11.1 Å². The van der Waals surface area contributed by atoms with Crippen molar-refractivity contribution >= 4 is 12.0 Å². The van der Waals surface area contributed by atoms with Crippen molar-refractivity contribution in [1.29, 1.82) is 0 Å². The number of methoxy groups -OCH3 is 1. The molecule has 2 saturated heterocycles. The van der Waals surface area contributed by atoms with Crippen molar-refractivity contribution in [2.45, 2.75) is 31.2 Å². The van der Waals surface area contributed by atoms with Gasteiger partial charge in [-0.1, -0.05) is 11.6 Å². The number of nitrogens with one attached hydrogen (secondary N) is 1. The van der Waals surface area contributed by atoms with E-state index >= 15 is 0 Å². The second kappa shape index (κ2) is 4.73. The third kappa shape index (κ3) is 1.50. The van der Waals surface area contributed by atoms with Crippen LogP contribution in [0, 0.1) is 5.92 Å². The van der Waals surface area contributed by atoms with Gasteiger partial charge in [0.2, 0.25) is 0 Å². The highest BCUT2D eigenvalue weighted by atomic mass is 16.5. The summed E-state index contributed by atoms with van der Waals surface area (Å²) in [5.41, 5.74) is 5.91. The molecule has 5 rings (SSSR count). The summed E-state index contributed by atoms with van der Waals surface area (Å²) in [4.78, 5) is 14.7. The molecule has 1 aromatic carbocycles. The van der Waals surface area contributed by atoms with Gasteiger partial charge in [0.15, 0.2) is 0 Å². The fourth-order valence-corrected chi connectivity index (χ4v) is 5.59. The van der Waals surface area contributed by atoms with Crippen molar-refractivity contribution in [1.82, 2.24) is 4.90 Å². The van der Waals surface area contributed by atoms with Crippen molar-refractivity contribution in [2.24, 2.45) is 5.92 Å². The van der Waals surface area contributed by atoms with Crippen LogP contribution in [-0.4, -0.2) is 37.4 Å². The summed E-state index contributed by atoms with van der Waals surface area (Å²) in [6.07, 6.45) is 5.43. The molecule has 1 N–H and O–H groups in total. The molecule has 0 saturated carbocycles. The number of hydrogen-bond donors (Lipinski definition) is 1. The van der Waals surface area contributed by atoms with Crippen molar-refractivity contribution < 1.29 is 9.53 Å². The number of aldehydes is 1. The first-order chi connectivity index (χ1) is 11.7. The molecule has 0 aromatic heterocycles. The minimum Gasteiger partial charge on any atom is -0.497 e. The second-order valence-corrected chi connectivity index (χ2v) is 7.34.